The molecule has 2 aromatic rings. The molecular weight excluding hydrogens is 533 g/mol. The monoisotopic (exact) mass is 564 g/mol. The Balaban J connectivity index is 1.94. The summed E-state index contributed by atoms with van der Waals surface area (Å²) in [6.07, 6.45) is -6.10. The largest absolute Gasteiger partial charge is 0.467 e. The highest BCUT2D eigenvalue weighted by atomic mass is 19.4. The van der Waals surface area contributed by atoms with Crippen molar-refractivity contribution < 1.29 is 46.6 Å². The topological polar surface area (TPSA) is 111 Å². The first-order valence-corrected chi connectivity index (χ1v) is 12.6. The Hall–Kier alpha value is -4.09. The molecular formula is C28H31F3N2O7. The zero-order chi connectivity index (χ0) is 29.5. The second-order valence-electron chi connectivity index (χ2n) is 9.49. The highest BCUT2D eigenvalue weighted by molar-refractivity contribution is 5.94. The van der Waals surface area contributed by atoms with E-state index in [-0.39, 0.29) is 26.0 Å². The Morgan fingerprint density at radius 3 is 2.25 bits per heavy atom. The molecule has 12 heteroatoms. The summed E-state index contributed by atoms with van der Waals surface area (Å²) in [6.45, 7) is 2.60. The van der Waals surface area contributed by atoms with Gasteiger partial charge in [-0.2, -0.15) is 13.2 Å². The van der Waals surface area contributed by atoms with Gasteiger partial charge in [0.05, 0.1) is 12.7 Å². The van der Waals surface area contributed by atoms with Gasteiger partial charge in [0.15, 0.2) is 6.04 Å². The molecule has 40 heavy (non-hydrogen) atoms. The predicted molar refractivity (Wildman–Crippen MR) is 136 cm³/mol. The van der Waals surface area contributed by atoms with E-state index in [2.05, 4.69) is 5.32 Å². The fraction of sp³-hybridized carbons (Fsp3) is 0.429. The Morgan fingerprint density at radius 1 is 1.02 bits per heavy atom. The van der Waals surface area contributed by atoms with Crippen LogP contribution in [0.3, 0.4) is 0 Å². The minimum absolute atomic E-state index is 0.0670. The Morgan fingerprint density at radius 2 is 1.68 bits per heavy atom. The number of nitrogens with one attached hydrogen (secondary N) is 1. The molecule has 9 nitrogen and oxygen atoms in total. The van der Waals surface area contributed by atoms with Gasteiger partial charge in [0.25, 0.3) is 0 Å². The van der Waals surface area contributed by atoms with Crippen molar-refractivity contribution in [2.45, 2.75) is 63.6 Å². The van der Waals surface area contributed by atoms with E-state index < -0.39 is 53.4 Å². The SMILES string of the molecule is COC(=O)[C@@H](NC(=O)C1(Cc2ccc(C(F)(F)F)cc2)CCCN1C(=O)OCc1ccccc1)[C@@H](C)OC(C)=O. The second kappa shape index (κ2) is 12.8. The van der Waals surface area contributed by atoms with Crippen LogP contribution in [-0.2, 0) is 47.8 Å². The van der Waals surface area contributed by atoms with Crippen molar-refractivity contribution in [3.05, 3.63) is 71.3 Å². The first-order chi connectivity index (χ1) is 18.9. The number of carbonyl (C=O) groups is 4. The Kier molecular flexibility index (Phi) is 9.78. The summed E-state index contributed by atoms with van der Waals surface area (Å²) in [7, 11) is 1.10. The average molecular weight is 565 g/mol. The van der Waals surface area contributed by atoms with E-state index in [1.165, 1.54) is 24.0 Å². The predicted octanol–water partition coefficient (Wildman–Crippen LogP) is 4.03. The number of hydrogen-bond donors (Lipinski definition) is 1. The van der Waals surface area contributed by atoms with Crippen LogP contribution in [0.25, 0.3) is 0 Å². The van der Waals surface area contributed by atoms with Crippen molar-refractivity contribution in [2.75, 3.05) is 13.7 Å². The van der Waals surface area contributed by atoms with Crippen LogP contribution < -0.4 is 5.32 Å². The first kappa shape index (κ1) is 30.5. The minimum Gasteiger partial charge on any atom is -0.467 e. The van der Waals surface area contributed by atoms with Crippen LogP contribution in [0, 0.1) is 0 Å². The lowest BCUT2D eigenvalue weighted by Gasteiger charge is -2.38. The summed E-state index contributed by atoms with van der Waals surface area (Å²) in [5, 5.41) is 2.55. The first-order valence-electron chi connectivity index (χ1n) is 12.6. The van der Waals surface area contributed by atoms with Crippen LogP contribution in [0.4, 0.5) is 18.0 Å². The van der Waals surface area contributed by atoms with Crippen molar-refractivity contribution in [1.82, 2.24) is 10.2 Å². The summed E-state index contributed by atoms with van der Waals surface area (Å²) >= 11 is 0. The van der Waals surface area contributed by atoms with E-state index in [0.717, 1.165) is 26.2 Å². The van der Waals surface area contributed by atoms with E-state index in [9.17, 15) is 32.3 Å². The molecule has 0 aromatic heterocycles. The number of hydrogen-bond acceptors (Lipinski definition) is 7. The molecule has 1 fully saturated rings. The number of rotatable bonds is 9. The summed E-state index contributed by atoms with van der Waals surface area (Å²) in [5.41, 5.74) is -1.40. The lowest BCUT2D eigenvalue weighted by molar-refractivity contribution is -0.157. The van der Waals surface area contributed by atoms with Gasteiger partial charge < -0.3 is 19.5 Å². The molecule has 1 saturated heterocycles. The fourth-order valence-electron chi connectivity index (χ4n) is 4.69. The smallest absolute Gasteiger partial charge is 0.416 e. The Labute approximate surface area is 229 Å². The fourth-order valence-corrected chi connectivity index (χ4v) is 4.69. The third-order valence-electron chi connectivity index (χ3n) is 6.68. The zero-order valence-corrected chi connectivity index (χ0v) is 22.3. The van der Waals surface area contributed by atoms with Crippen molar-refractivity contribution in [3.8, 4) is 0 Å². The third kappa shape index (κ3) is 7.30. The van der Waals surface area contributed by atoms with Gasteiger partial charge in [-0.15, -0.1) is 0 Å². The molecule has 2 aromatic carbocycles. The zero-order valence-electron chi connectivity index (χ0n) is 22.3. The van der Waals surface area contributed by atoms with Crippen LogP contribution in [0.2, 0.25) is 0 Å². The van der Waals surface area contributed by atoms with Gasteiger partial charge in [-0.05, 0) is 43.0 Å². The number of amides is 2. The standard InChI is InChI=1S/C28H31F3N2O7/c1-18(40-19(2)34)23(24(35)38-3)32-25(36)27(16-20-10-12-22(13-11-20)28(29,30)31)14-7-15-33(27)26(37)39-17-21-8-5-4-6-9-21/h4-6,8-13,18,23H,7,14-17H2,1-3H3,(H,32,36)/t18-,23+,27?/m1/s1. The maximum absolute atomic E-state index is 13.9. The summed E-state index contributed by atoms with van der Waals surface area (Å²) < 4.78 is 54.7. The number of methoxy groups -OCH3 is 1. The maximum atomic E-state index is 13.9. The highest BCUT2D eigenvalue weighted by Crippen LogP contribution is 2.36. The second-order valence-corrected chi connectivity index (χ2v) is 9.49. The van der Waals surface area contributed by atoms with Gasteiger partial charge in [-0.3, -0.25) is 14.5 Å². The van der Waals surface area contributed by atoms with E-state index in [1.807, 2.05) is 0 Å². The van der Waals surface area contributed by atoms with Crippen molar-refractivity contribution >= 4 is 23.9 Å². The molecule has 0 aliphatic carbocycles. The molecule has 1 aliphatic heterocycles. The van der Waals surface area contributed by atoms with Crippen molar-refractivity contribution in [2.24, 2.45) is 0 Å². The number of halogens is 3. The summed E-state index contributed by atoms with van der Waals surface area (Å²) in [5.74, 6) is -2.35. The number of benzene rings is 2. The maximum Gasteiger partial charge on any atom is 0.416 e. The molecule has 1 unspecified atom stereocenters. The minimum atomic E-state index is -4.55. The number of ether oxygens (including phenoxy) is 3. The van der Waals surface area contributed by atoms with Crippen LogP contribution >= 0.6 is 0 Å². The normalized spacial score (nSPS) is 18.4. The molecule has 1 aliphatic rings. The van der Waals surface area contributed by atoms with E-state index in [0.29, 0.717) is 17.5 Å². The number of nitrogens with zero attached hydrogens (tertiary/aromatic N) is 1. The van der Waals surface area contributed by atoms with Gasteiger partial charge in [0, 0.05) is 19.9 Å². The highest BCUT2D eigenvalue weighted by Gasteiger charge is 2.52. The molecule has 0 saturated carbocycles. The lowest BCUT2D eigenvalue weighted by Crippen LogP contribution is -2.62. The van der Waals surface area contributed by atoms with Gasteiger partial charge >= 0.3 is 24.2 Å². The van der Waals surface area contributed by atoms with Gasteiger partial charge in [0.2, 0.25) is 5.91 Å². The third-order valence-corrected chi connectivity index (χ3v) is 6.68. The van der Waals surface area contributed by atoms with Crippen LogP contribution in [0.5, 0.6) is 0 Å². The number of likely N-dealkylation sites (tertiary alicyclic amines) is 1. The number of alkyl halides is 3. The summed E-state index contributed by atoms with van der Waals surface area (Å²) in [4.78, 5) is 52.5. The molecule has 2 amide bonds. The van der Waals surface area contributed by atoms with Gasteiger partial charge in [-0.25, -0.2) is 9.59 Å². The molecule has 0 spiro atoms. The molecule has 0 radical (unpaired) electrons. The van der Waals surface area contributed by atoms with Crippen LogP contribution in [0.1, 0.15) is 43.4 Å². The average Bonchev–Trinajstić information content (AvgIpc) is 3.34. The van der Waals surface area contributed by atoms with E-state index in [4.69, 9.17) is 14.2 Å². The molecule has 3 atom stereocenters. The van der Waals surface area contributed by atoms with Gasteiger partial charge in [0.1, 0.15) is 18.2 Å². The molecule has 216 valence electrons. The molecule has 3 rings (SSSR count). The van der Waals surface area contributed by atoms with Crippen molar-refractivity contribution in [1.29, 1.82) is 0 Å². The van der Waals surface area contributed by atoms with Crippen LogP contribution in [-0.4, -0.2) is 60.2 Å². The Bertz CT molecular complexity index is 1200. The van der Waals surface area contributed by atoms with Crippen LogP contribution in [0.15, 0.2) is 54.6 Å². The quantitative estimate of drug-likeness (QED) is 0.362. The van der Waals surface area contributed by atoms with E-state index >= 15 is 0 Å². The number of carbonyl (C=O) groups excluding carboxylic acids is 4. The van der Waals surface area contributed by atoms with Gasteiger partial charge in [-0.1, -0.05) is 42.5 Å². The van der Waals surface area contributed by atoms with E-state index in [1.54, 1.807) is 30.3 Å². The molecule has 0 bridgehead atoms. The number of esters is 2. The summed E-state index contributed by atoms with van der Waals surface area (Å²) in [6, 6.07) is 11.7. The van der Waals surface area contributed by atoms with Crippen molar-refractivity contribution in [3.63, 3.8) is 0 Å². The molecule has 1 N–H and O–H groups in total. The molecule has 1 heterocycles. The lowest BCUT2D eigenvalue weighted by atomic mass is 9.86.